The van der Waals surface area contributed by atoms with Crippen molar-refractivity contribution in [2.75, 3.05) is 6.61 Å². The molecule has 0 bridgehead atoms. The Morgan fingerprint density at radius 2 is 1.72 bits per heavy atom. The van der Waals surface area contributed by atoms with Crippen molar-refractivity contribution < 1.29 is 28.1 Å². The molecule has 18 heavy (non-hydrogen) atoms. The molecular weight excluding hydrogens is 249 g/mol. The Hall–Kier alpha value is -1.27. The molecule has 0 spiro atoms. The number of halogens is 3. The van der Waals surface area contributed by atoms with Crippen LogP contribution >= 0.6 is 0 Å². The van der Waals surface area contributed by atoms with Crippen molar-refractivity contribution in [1.29, 1.82) is 0 Å². The largest absolute Gasteiger partial charge is 0.491 e. The van der Waals surface area contributed by atoms with Gasteiger partial charge in [-0.1, -0.05) is 19.1 Å². The normalized spacial score (nSPS) is 15.2. The number of aliphatic hydroxyl groups is 2. The number of ether oxygens (including phenoxy) is 1. The SMILES string of the molecule is CC[C@H](O)c1ccc(OCC(O)C(F)(F)F)cc1. The van der Waals surface area contributed by atoms with Crippen molar-refractivity contribution in [3.8, 4) is 5.75 Å². The third-order valence-electron chi connectivity index (χ3n) is 2.44. The van der Waals surface area contributed by atoms with Crippen LogP contribution in [0.2, 0.25) is 0 Å². The minimum Gasteiger partial charge on any atom is -0.491 e. The summed E-state index contributed by atoms with van der Waals surface area (Å²) in [5, 5.41) is 18.3. The third-order valence-corrected chi connectivity index (χ3v) is 2.44. The monoisotopic (exact) mass is 264 g/mol. The summed E-state index contributed by atoms with van der Waals surface area (Å²) >= 11 is 0. The van der Waals surface area contributed by atoms with E-state index in [4.69, 9.17) is 9.84 Å². The highest BCUT2D eigenvalue weighted by Crippen LogP contribution is 2.23. The fourth-order valence-electron chi connectivity index (χ4n) is 1.29. The minimum absolute atomic E-state index is 0.213. The number of aliphatic hydroxyl groups excluding tert-OH is 2. The van der Waals surface area contributed by atoms with Crippen LogP contribution in [0.5, 0.6) is 5.75 Å². The maximum Gasteiger partial charge on any atom is 0.417 e. The highest BCUT2D eigenvalue weighted by atomic mass is 19.4. The zero-order valence-electron chi connectivity index (χ0n) is 9.81. The molecule has 3 nitrogen and oxygen atoms in total. The summed E-state index contributed by atoms with van der Waals surface area (Å²) in [6.45, 7) is 0.966. The molecule has 6 heteroatoms. The van der Waals surface area contributed by atoms with Crippen LogP contribution < -0.4 is 4.74 Å². The van der Waals surface area contributed by atoms with Crippen molar-refractivity contribution in [2.24, 2.45) is 0 Å². The first-order valence-electron chi connectivity index (χ1n) is 5.50. The summed E-state index contributed by atoms with van der Waals surface area (Å²) < 4.78 is 40.8. The number of hydrogen-bond acceptors (Lipinski definition) is 3. The lowest BCUT2D eigenvalue weighted by Gasteiger charge is -2.15. The Balaban J connectivity index is 2.54. The second-order valence-corrected chi connectivity index (χ2v) is 3.86. The van der Waals surface area contributed by atoms with Crippen molar-refractivity contribution in [3.05, 3.63) is 29.8 Å². The Morgan fingerprint density at radius 3 is 2.17 bits per heavy atom. The zero-order chi connectivity index (χ0) is 13.8. The average molecular weight is 264 g/mol. The summed E-state index contributed by atoms with van der Waals surface area (Å²) in [6, 6.07) is 6.06. The van der Waals surface area contributed by atoms with Gasteiger partial charge in [-0.05, 0) is 24.1 Å². The summed E-state index contributed by atoms with van der Waals surface area (Å²) in [4.78, 5) is 0. The number of alkyl halides is 3. The maximum atomic E-state index is 12.0. The first-order valence-corrected chi connectivity index (χ1v) is 5.50. The van der Waals surface area contributed by atoms with E-state index in [1.165, 1.54) is 12.1 Å². The highest BCUT2D eigenvalue weighted by molar-refractivity contribution is 5.28. The van der Waals surface area contributed by atoms with Crippen LogP contribution in [0.4, 0.5) is 13.2 Å². The van der Waals surface area contributed by atoms with Gasteiger partial charge in [0.2, 0.25) is 0 Å². The van der Waals surface area contributed by atoms with Crippen molar-refractivity contribution in [3.63, 3.8) is 0 Å². The standard InChI is InChI=1S/C12H15F3O3/c1-2-10(16)8-3-5-9(6-4-8)18-7-11(17)12(13,14)15/h3-6,10-11,16-17H,2,7H2,1H3/t10-,11?/m0/s1. The van der Waals surface area contributed by atoms with Gasteiger partial charge >= 0.3 is 6.18 Å². The van der Waals surface area contributed by atoms with Crippen LogP contribution in [0.3, 0.4) is 0 Å². The molecular formula is C12H15F3O3. The minimum atomic E-state index is -4.68. The van der Waals surface area contributed by atoms with E-state index in [1.54, 1.807) is 12.1 Å². The fraction of sp³-hybridized carbons (Fsp3) is 0.500. The van der Waals surface area contributed by atoms with Crippen LogP contribution in [0.15, 0.2) is 24.3 Å². The summed E-state index contributed by atoms with van der Waals surface area (Å²) in [6.07, 6.45) is -7.23. The van der Waals surface area contributed by atoms with Gasteiger partial charge in [-0.25, -0.2) is 0 Å². The van der Waals surface area contributed by atoms with Gasteiger partial charge in [0, 0.05) is 0 Å². The zero-order valence-corrected chi connectivity index (χ0v) is 9.81. The Labute approximate surface area is 103 Å². The van der Waals surface area contributed by atoms with E-state index in [0.29, 0.717) is 12.0 Å². The van der Waals surface area contributed by atoms with E-state index in [9.17, 15) is 18.3 Å². The highest BCUT2D eigenvalue weighted by Gasteiger charge is 2.38. The van der Waals surface area contributed by atoms with Gasteiger partial charge in [0.15, 0.2) is 6.10 Å². The lowest BCUT2D eigenvalue weighted by molar-refractivity contribution is -0.210. The summed E-state index contributed by atoms with van der Waals surface area (Å²) in [5.74, 6) is 0.213. The van der Waals surface area contributed by atoms with Crippen LogP contribution in [0.1, 0.15) is 25.0 Å². The van der Waals surface area contributed by atoms with E-state index < -0.39 is 25.0 Å². The molecule has 0 fully saturated rings. The lowest BCUT2D eigenvalue weighted by Crippen LogP contribution is -2.34. The predicted molar refractivity (Wildman–Crippen MR) is 59.2 cm³/mol. The van der Waals surface area contributed by atoms with Gasteiger partial charge in [-0.3, -0.25) is 0 Å². The Bertz CT molecular complexity index is 362. The van der Waals surface area contributed by atoms with E-state index in [1.807, 2.05) is 6.92 Å². The van der Waals surface area contributed by atoms with E-state index in [2.05, 4.69) is 0 Å². The van der Waals surface area contributed by atoms with Crippen molar-refractivity contribution >= 4 is 0 Å². The predicted octanol–water partition coefficient (Wildman–Crippen LogP) is 2.43. The van der Waals surface area contributed by atoms with Crippen LogP contribution in [0, 0.1) is 0 Å². The molecule has 1 rings (SSSR count). The van der Waals surface area contributed by atoms with Crippen LogP contribution in [-0.4, -0.2) is 29.1 Å². The van der Waals surface area contributed by atoms with E-state index in [0.717, 1.165) is 0 Å². The molecule has 0 saturated carbocycles. The van der Waals surface area contributed by atoms with Gasteiger partial charge in [-0.2, -0.15) is 13.2 Å². The van der Waals surface area contributed by atoms with Crippen LogP contribution in [-0.2, 0) is 0 Å². The Morgan fingerprint density at radius 1 is 1.17 bits per heavy atom. The topological polar surface area (TPSA) is 49.7 Å². The quantitative estimate of drug-likeness (QED) is 0.858. The van der Waals surface area contributed by atoms with E-state index in [-0.39, 0.29) is 5.75 Å². The molecule has 0 aliphatic heterocycles. The molecule has 2 atom stereocenters. The van der Waals surface area contributed by atoms with Gasteiger partial charge in [0.05, 0.1) is 6.10 Å². The smallest absolute Gasteiger partial charge is 0.417 e. The molecule has 0 radical (unpaired) electrons. The van der Waals surface area contributed by atoms with Gasteiger partial charge in [0.1, 0.15) is 12.4 Å². The molecule has 0 aliphatic carbocycles. The number of hydrogen-bond donors (Lipinski definition) is 2. The lowest BCUT2D eigenvalue weighted by atomic mass is 10.1. The molecule has 0 amide bonds. The molecule has 102 valence electrons. The van der Waals surface area contributed by atoms with Crippen molar-refractivity contribution in [1.82, 2.24) is 0 Å². The molecule has 1 aromatic rings. The first-order chi connectivity index (χ1) is 8.34. The molecule has 2 N–H and O–H groups in total. The third kappa shape index (κ3) is 4.19. The molecule has 1 unspecified atom stereocenters. The average Bonchev–Trinajstić information content (AvgIpc) is 2.34. The van der Waals surface area contributed by atoms with Gasteiger partial charge in [-0.15, -0.1) is 0 Å². The molecule has 0 heterocycles. The Kier molecular flexibility index (Phi) is 4.98. The molecule has 0 aromatic heterocycles. The van der Waals surface area contributed by atoms with Gasteiger partial charge < -0.3 is 14.9 Å². The second-order valence-electron chi connectivity index (χ2n) is 3.86. The van der Waals surface area contributed by atoms with Crippen LogP contribution in [0.25, 0.3) is 0 Å². The van der Waals surface area contributed by atoms with Crippen molar-refractivity contribution in [2.45, 2.75) is 31.7 Å². The molecule has 0 saturated heterocycles. The number of benzene rings is 1. The fourth-order valence-corrected chi connectivity index (χ4v) is 1.29. The molecule has 1 aromatic carbocycles. The second kappa shape index (κ2) is 6.06. The van der Waals surface area contributed by atoms with Gasteiger partial charge in [0.25, 0.3) is 0 Å². The number of rotatable bonds is 5. The van der Waals surface area contributed by atoms with E-state index >= 15 is 0 Å². The maximum absolute atomic E-state index is 12.0. The summed E-state index contributed by atoms with van der Waals surface area (Å²) in [7, 11) is 0. The molecule has 0 aliphatic rings. The summed E-state index contributed by atoms with van der Waals surface area (Å²) in [5.41, 5.74) is 0.668. The first kappa shape index (κ1) is 14.8.